The van der Waals surface area contributed by atoms with Crippen LogP contribution in [0.3, 0.4) is 0 Å². The van der Waals surface area contributed by atoms with E-state index in [4.69, 9.17) is 16.6 Å². The zero-order valence-corrected chi connectivity index (χ0v) is 17.0. The highest BCUT2D eigenvalue weighted by molar-refractivity contribution is 6.33. The van der Waals surface area contributed by atoms with E-state index in [0.29, 0.717) is 22.8 Å². The number of hydrogen-bond acceptors (Lipinski definition) is 3. The van der Waals surface area contributed by atoms with E-state index in [0.717, 1.165) is 29.4 Å². The molecule has 2 aromatic carbocycles. The van der Waals surface area contributed by atoms with Crippen LogP contribution in [0.5, 0.6) is 0 Å². The normalized spacial score (nSPS) is 10.7. The quantitative estimate of drug-likeness (QED) is 0.608. The van der Waals surface area contributed by atoms with Crippen LogP contribution in [0, 0.1) is 0 Å². The molecule has 0 spiro atoms. The Morgan fingerprint density at radius 2 is 1.81 bits per heavy atom. The Morgan fingerprint density at radius 1 is 1.11 bits per heavy atom. The summed E-state index contributed by atoms with van der Waals surface area (Å²) in [4.78, 5) is 19.6. The van der Waals surface area contributed by atoms with Gasteiger partial charge in [-0.25, -0.2) is 4.98 Å². The second-order valence-electron chi connectivity index (χ2n) is 6.46. The maximum absolute atomic E-state index is 12.8. The molecular weight excluding hydrogens is 381 g/mol. The van der Waals surface area contributed by atoms with Gasteiger partial charge in [0.2, 0.25) is 0 Å². The lowest BCUT2D eigenvalue weighted by atomic mass is 10.0. The van der Waals surface area contributed by atoms with Crippen molar-refractivity contribution in [1.29, 1.82) is 0 Å². The smallest absolute Gasteiger partial charge is 0.252 e. The molecule has 1 N–H and O–H groups in total. The molecule has 0 fully saturated rings. The lowest BCUT2D eigenvalue weighted by Crippen LogP contribution is -2.27. The van der Waals surface area contributed by atoms with E-state index in [1.165, 1.54) is 0 Å². The summed E-state index contributed by atoms with van der Waals surface area (Å²) in [6.07, 6.45) is 0.902. The average molecular weight is 404 g/mol. The molecule has 142 valence electrons. The lowest BCUT2D eigenvalue weighted by molar-refractivity contribution is 0.0954. The predicted molar refractivity (Wildman–Crippen MR) is 115 cm³/mol. The summed E-state index contributed by atoms with van der Waals surface area (Å²) >= 11 is 6.33. The first kappa shape index (κ1) is 21.2. The molecule has 1 heterocycles. The highest BCUT2D eigenvalue weighted by atomic mass is 35.5. The van der Waals surface area contributed by atoms with Gasteiger partial charge in [0.25, 0.3) is 5.91 Å². The Morgan fingerprint density at radius 3 is 2.56 bits per heavy atom. The molecule has 0 aliphatic heterocycles. The highest BCUT2D eigenvalue weighted by Gasteiger charge is 2.14. The second-order valence-corrected chi connectivity index (χ2v) is 6.87. The molecule has 0 bridgehead atoms. The number of halogens is 2. The average Bonchev–Trinajstić information content (AvgIpc) is 2.64. The maximum Gasteiger partial charge on any atom is 0.252 e. The van der Waals surface area contributed by atoms with Crippen LogP contribution in [0.1, 0.15) is 16.8 Å². The summed E-state index contributed by atoms with van der Waals surface area (Å²) in [7, 11) is 4.04. The van der Waals surface area contributed by atoms with Crippen LogP contribution in [-0.4, -0.2) is 43.0 Å². The zero-order valence-electron chi connectivity index (χ0n) is 15.4. The number of nitrogens with one attached hydrogen (secondary N) is 1. The van der Waals surface area contributed by atoms with Crippen LogP contribution in [-0.2, 0) is 0 Å². The standard InChI is InChI=1S/C21H22ClN3O.ClH/c1-25(2)13-7-12-23-21(26)17-14-20(16-9-3-5-10-18(16)22)24-19-11-6-4-8-15(17)19;/h3-6,8-11,14H,7,12-13H2,1-2H3,(H,23,26);1H. The third-order valence-corrected chi connectivity index (χ3v) is 4.51. The number of hydrogen-bond donors (Lipinski definition) is 1. The van der Waals surface area contributed by atoms with Gasteiger partial charge >= 0.3 is 0 Å². The van der Waals surface area contributed by atoms with Gasteiger partial charge in [-0.15, -0.1) is 12.4 Å². The monoisotopic (exact) mass is 403 g/mol. The van der Waals surface area contributed by atoms with E-state index >= 15 is 0 Å². The van der Waals surface area contributed by atoms with Gasteiger partial charge in [-0.2, -0.15) is 0 Å². The number of pyridine rings is 1. The summed E-state index contributed by atoms with van der Waals surface area (Å²) in [5.41, 5.74) is 2.92. The number of benzene rings is 2. The molecule has 0 atom stereocenters. The van der Waals surface area contributed by atoms with Crippen molar-refractivity contribution >= 4 is 40.8 Å². The third-order valence-electron chi connectivity index (χ3n) is 4.18. The number of amides is 1. The third kappa shape index (κ3) is 5.19. The first-order chi connectivity index (χ1) is 12.6. The molecule has 3 rings (SSSR count). The Balaban J connectivity index is 0.00000261. The molecule has 0 unspecified atom stereocenters. The predicted octanol–water partition coefficient (Wildman–Crippen LogP) is 4.66. The van der Waals surface area contributed by atoms with Gasteiger partial charge in [0.05, 0.1) is 16.8 Å². The van der Waals surface area contributed by atoms with Crippen molar-refractivity contribution < 1.29 is 4.79 Å². The highest BCUT2D eigenvalue weighted by Crippen LogP contribution is 2.29. The SMILES string of the molecule is CN(C)CCCNC(=O)c1cc(-c2ccccc2Cl)nc2ccccc12.Cl. The Bertz CT molecular complexity index is 928. The van der Waals surface area contributed by atoms with Crippen molar-refractivity contribution in [2.75, 3.05) is 27.2 Å². The van der Waals surface area contributed by atoms with E-state index in [2.05, 4.69) is 10.2 Å². The van der Waals surface area contributed by atoms with Gasteiger partial charge in [-0.3, -0.25) is 4.79 Å². The maximum atomic E-state index is 12.8. The zero-order chi connectivity index (χ0) is 18.5. The van der Waals surface area contributed by atoms with Gasteiger partial charge in [0.15, 0.2) is 0 Å². The largest absolute Gasteiger partial charge is 0.352 e. The van der Waals surface area contributed by atoms with Crippen LogP contribution >= 0.6 is 24.0 Å². The number of aromatic nitrogens is 1. The molecule has 4 nitrogen and oxygen atoms in total. The molecule has 1 amide bonds. The minimum absolute atomic E-state index is 0. The van der Waals surface area contributed by atoms with Gasteiger partial charge < -0.3 is 10.2 Å². The number of para-hydroxylation sites is 1. The molecule has 0 aliphatic carbocycles. The minimum atomic E-state index is -0.0874. The van der Waals surface area contributed by atoms with Crippen LogP contribution in [0.25, 0.3) is 22.2 Å². The Hall–Kier alpha value is -2.14. The van der Waals surface area contributed by atoms with E-state index < -0.39 is 0 Å². The van der Waals surface area contributed by atoms with E-state index in [1.54, 1.807) is 0 Å². The first-order valence-electron chi connectivity index (χ1n) is 8.64. The summed E-state index contributed by atoms with van der Waals surface area (Å²) in [5.74, 6) is -0.0874. The molecule has 0 saturated heterocycles. The molecule has 27 heavy (non-hydrogen) atoms. The van der Waals surface area contributed by atoms with Crippen molar-refractivity contribution in [3.63, 3.8) is 0 Å². The van der Waals surface area contributed by atoms with E-state index in [1.807, 2.05) is 68.7 Å². The van der Waals surface area contributed by atoms with E-state index in [9.17, 15) is 4.79 Å². The summed E-state index contributed by atoms with van der Waals surface area (Å²) in [6, 6.07) is 17.0. The van der Waals surface area contributed by atoms with Crippen LogP contribution < -0.4 is 5.32 Å². The van der Waals surface area contributed by atoms with Gasteiger partial charge in [0.1, 0.15) is 0 Å². The van der Waals surface area contributed by atoms with Crippen LogP contribution in [0.2, 0.25) is 5.02 Å². The second kappa shape index (κ2) is 9.70. The molecule has 0 saturated carbocycles. The van der Waals surface area contributed by atoms with Crippen LogP contribution in [0.15, 0.2) is 54.6 Å². The number of fused-ring (bicyclic) bond motifs is 1. The minimum Gasteiger partial charge on any atom is -0.352 e. The van der Waals surface area contributed by atoms with Gasteiger partial charge in [-0.1, -0.05) is 48.0 Å². The van der Waals surface area contributed by atoms with Gasteiger partial charge in [-0.05, 0) is 45.3 Å². The molecule has 1 aromatic heterocycles. The topological polar surface area (TPSA) is 45.2 Å². The Kier molecular flexibility index (Phi) is 7.60. The fourth-order valence-corrected chi connectivity index (χ4v) is 3.10. The number of carbonyl (C=O) groups is 1. The van der Waals surface area contributed by atoms with Crippen molar-refractivity contribution in [3.05, 3.63) is 65.2 Å². The molecule has 6 heteroatoms. The molecular formula is C21H23Cl2N3O. The number of carbonyl (C=O) groups excluding carboxylic acids is 1. The summed E-state index contributed by atoms with van der Waals surface area (Å²) < 4.78 is 0. The fourth-order valence-electron chi connectivity index (χ4n) is 2.86. The van der Waals surface area contributed by atoms with Crippen molar-refractivity contribution in [3.8, 4) is 11.3 Å². The van der Waals surface area contributed by atoms with Crippen molar-refractivity contribution in [2.24, 2.45) is 0 Å². The number of nitrogens with zero attached hydrogens (tertiary/aromatic N) is 2. The lowest BCUT2D eigenvalue weighted by Gasteiger charge is -2.12. The molecule has 0 aliphatic rings. The fraction of sp³-hybridized carbons (Fsp3) is 0.238. The van der Waals surface area contributed by atoms with Gasteiger partial charge in [0, 0.05) is 22.5 Å². The summed E-state index contributed by atoms with van der Waals surface area (Å²) in [5, 5.41) is 4.47. The van der Waals surface area contributed by atoms with Crippen LogP contribution in [0.4, 0.5) is 0 Å². The Labute approximate surface area is 171 Å². The molecule has 3 aromatic rings. The van der Waals surface area contributed by atoms with Crippen molar-refractivity contribution in [2.45, 2.75) is 6.42 Å². The first-order valence-corrected chi connectivity index (χ1v) is 9.01. The number of rotatable bonds is 6. The molecule has 0 radical (unpaired) electrons. The van der Waals surface area contributed by atoms with E-state index in [-0.39, 0.29) is 18.3 Å². The summed E-state index contributed by atoms with van der Waals surface area (Å²) in [6.45, 7) is 1.57. The van der Waals surface area contributed by atoms with Crippen molar-refractivity contribution in [1.82, 2.24) is 15.2 Å².